The highest BCUT2D eigenvalue weighted by atomic mass is 35.5. The van der Waals surface area contributed by atoms with Crippen LogP contribution in [0.2, 0.25) is 5.02 Å². The third-order valence-corrected chi connectivity index (χ3v) is 4.46. The summed E-state index contributed by atoms with van der Waals surface area (Å²) in [5.41, 5.74) is 1.29. The van der Waals surface area contributed by atoms with E-state index in [0.29, 0.717) is 5.92 Å². The topological polar surface area (TPSA) is 29.5 Å². The monoisotopic (exact) mass is 309 g/mol. The molecule has 1 heterocycles. The maximum Gasteiger partial charge on any atom is 0.308 e. The number of esters is 1. The summed E-state index contributed by atoms with van der Waals surface area (Å²) in [4.78, 5) is 14.0. The smallest absolute Gasteiger partial charge is 0.308 e. The summed E-state index contributed by atoms with van der Waals surface area (Å²) < 4.78 is 4.82. The lowest BCUT2D eigenvalue weighted by Gasteiger charge is -2.33. The molecule has 2 atom stereocenters. The zero-order chi connectivity index (χ0) is 15.2. The minimum Gasteiger partial charge on any atom is -0.469 e. The number of hydrogen-bond acceptors (Lipinski definition) is 3. The molecule has 1 aromatic rings. The van der Waals surface area contributed by atoms with Crippen LogP contribution in [0.4, 0.5) is 0 Å². The highest BCUT2D eigenvalue weighted by molar-refractivity contribution is 6.30. The predicted molar refractivity (Wildman–Crippen MR) is 85.3 cm³/mol. The number of likely N-dealkylation sites (tertiary alicyclic amines) is 1. The van der Waals surface area contributed by atoms with Crippen molar-refractivity contribution in [3.63, 3.8) is 0 Å². The molecule has 1 saturated heterocycles. The zero-order valence-corrected chi connectivity index (χ0v) is 13.6. The van der Waals surface area contributed by atoms with Gasteiger partial charge in [-0.05, 0) is 49.4 Å². The van der Waals surface area contributed by atoms with Gasteiger partial charge in [0, 0.05) is 18.1 Å². The highest BCUT2D eigenvalue weighted by Crippen LogP contribution is 2.25. The number of ether oxygens (including phenoxy) is 1. The van der Waals surface area contributed by atoms with Crippen LogP contribution in [0.15, 0.2) is 24.3 Å². The van der Waals surface area contributed by atoms with Crippen LogP contribution in [0.25, 0.3) is 0 Å². The van der Waals surface area contributed by atoms with E-state index < -0.39 is 0 Å². The first-order valence-corrected chi connectivity index (χ1v) is 8.01. The van der Waals surface area contributed by atoms with Gasteiger partial charge in [0.2, 0.25) is 0 Å². The molecular weight excluding hydrogens is 286 g/mol. The van der Waals surface area contributed by atoms with Crippen molar-refractivity contribution in [2.24, 2.45) is 11.8 Å². The summed E-state index contributed by atoms with van der Waals surface area (Å²) in [6.45, 7) is 5.11. The van der Waals surface area contributed by atoms with E-state index in [2.05, 4.69) is 17.0 Å². The molecule has 1 aliphatic rings. The molecule has 3 nitrogen and oxygen atoms in total. The lowest BCUT2D eigenvalue weighted by Crippen LogP contribution is -2.36. The van der Waals surface area contributed by atoms with Crippen LogP contribution in [0.1, 0.15) is 31.7 Å². The van der Waals surface area contributed by atoms with Gasteiger partial charge in [0.25, 0.3) is 0 Å². The molecule has 2 rings (SSSR count). The summed E-state index contributed by atoms with van der Waals surface area (Å²) in [5.74, 6) is 0.487. The summed E-state index contributed by atoms with van der Waals surface area (Å²) in [7, 11) is 1.46. The molecule has 0 N–H and O–H groups in total. The number of hydrogen-bond donors (Lipinski definition) is 0. The van der Waals surface area contributed by atoms with Crippen LogP contribution in [0.3, 0.4) is 0 Å². The lowest BCUT2D eigenvalue weighted by molar-refractivity contribution is -0.145. The minimum absolute atomic E-state index is 0.00418. The molecule has 0 radical (unpaired) electrons. The van der Waals surface area contributed by atoms with E-state index in [-0.39, 0.29) is 11.9 Å². The van der Waals surface area contributed by atoms with Gasteiger partial charge in [-0.25, -0.2) is 0 Å². The summed E-state index contributed by atoms with van der Waals surface area (Å²) in [6, 6.07) is 8.06. The minimum atomic E-state index is -0.0928. The second kappa shape index (κ2) is 7.81. The standard InChI is InChI=1S/C17H24ClNO2/c1-13(17(20)21-2)10-15-4-3-9-19(12-15)11-14-5-7-16(18)8-6-14/h5-8,13,15H,3-4,9-12H2,1-2H3. The molecule has 116 valence electrons. The van der Waals surface area contributed by atoms with Crippen molar-refractivity contribution in [3.05, 3.63) is 34.9 Å². The Kier molecular flexibility index (Phi) is 6.07. The van der Waals surface area contributed by atoms with Gasteiger partial charge < -0.3 is 4.74 Å². The van der Waals surface area contributed by atoms with Gasteiger partial charge in [-0.15, -0.1) is 0 Å². The number of benzene rings is 1. The fraction of sp³-hybridized carbons (Fsp3) is 0.588. The third-order valence-electron chi connectivity index (χ3n) is 4.21. The Bertz CT molecular complexity index is 460. The van der Waals surface area contributed by atoms with Gasteiger partial charge >= 0.3 is 5.97 Å². The summed E-state index contributed by atoms with van der Waals surface area (Å²) in [5, 5.41) is 0.780. The van der Waals surface area contributed by atoms with E-state index in [1.54, 1.807) is 0 Å². The first-order chi connectivity index (χ1) is 10.1. The molecule has 0 aliphatic carbocycles. The predicted octanol–water partition coefficient (Wildman–Crippen LogP) is 3.75. The molecule has 1 aromatic carbocycles. The third kappa shape index (κ3) is 5.01. The van der Waals surface area contributed by atoms with E-state index in [9.17, 15) is 4.79 Å². The Morgan fingerprint density at radius 3 is 2.81 bits per heavy atom. The second-order valence-corrected chi connectivity index (χ2v) is 6.47. The Morgan fingerprint density at radius 2 is 2.14 bits per heavy atom. The first-order valence-electron chi connectivity index (χ1n) is 7.63. The number of carbonyl (C=O) groups is 1. The van der Waals surface area contributed by atoms with E-state index in [4.69, 9.17) is 16.3 Å². The van der Waals surface area contributed by atoms with Crippen molar-refractivity contribution in [3.8, 4) is 0 Å². The zero-order valence-electron chi connectivity index (χ0n) is 12.8. The molecule has 1 aliphatic heterocycles. The van der Waals surface area contributed by atoms with Gasteiger partial charge in [-0.2, -0.15) is 0 Å². The van der Waals surface area contributed by atoms with Gasteiger partial charge in [0.15, 0.2) is 0 Å². The highest BCUT2D eigenvalue weighted by Gasteiger charge is 2.24. The number of methoxy groups -OCH3 is 1. The van der Waals surface area contributed by atoms with E-state index in [1.165, 1.54) is 25.5 Å². The van der Waals surface area contributed by atoms with Crippen LogP contribution in [0.5, 0.6) is 0 Å². The molecule has 1 fully saturated rings. The van der Waals surface area contributed by atoms with Gasteiger partial charge in [-0.3, -0.25) is 9.69 Å². The van der Waals surface area contributed by atoms with Crippen LogP contribution in [-0.4, -0.2) is 31.1 Å². The molecule has 2 unspecified atom stereocenters. The Morgan fingerprint density at radius 1 is 1.43 bits per heavy atom. The van der Waals surface area contributed by atoms with Crippen LogP contribution >= 0.6 is 11.6 Å². The quantitative estimate of drug-likeness (QED) is 0.776. The molecule has 0 saturated carbocycles. The summed E-state index contributed by atoms with van der Waals surface area (Å²) in [6.07, 6.45) is 3.33. The normalized spacial score (nSPS) is 21.0. The van der Waals surface area contributed by atoms with E-state index >= 15 is 0 Å². The molecular formula is C17H24ClNO2. The number of piperidine rings is 1. The van der Waals surface area contributed by atoms with Crippen LogP contribution < -0.4 is 0 Å². The average molecular weight is 310 g/mol. The molecule has 4 heteroatoms. The molecule has 0 amide bonds. The lowest BCUT2D eigenvalue weighted by atomic mass is 9.89. The Labute approximate surface area is 132 Å². The fourth-order valence-corrected chi connectivity index (χ4v) is 3.26. The number of rotatable bonds is 5. The van der Waals surface area contributed by atoms with E-state index in [1.807, 2.05) is 19.1 Å². The Hall–Kier alpha value is -1.06. The molecule has 0 spiro atoms. The maximum absolute atomic E-state index is 11.5. The largest absolute Gasteiger partial charge is 0.469 e. The number of carbonyl (C=O) groups excluding carboxylic acids is 1. The Balaban J connectivity index is 1.85. The SMILES string of the molecule is COC(=O)C(C)CC1CCCN(Cc2ccc(Cl)cc2)C1. The van der Waals surface area contributed by atoms with E-state index in [0.717, 1.165) is 31.1 Å². The van der Waals surface area contributed by atoms with Crippen molar-refractivity contribution >= 4 is 17.6 Å². The van der Waals surface area contributed by atoms with Crippen molar-refractivity contribution in [1.29, 1.82) is 0 Å². The molecule has 0 aromatic heterocycles. The number of nitrogens with zero attached hydrogens (tertiary/aromatic N) is 1. The van der Waals surface area contributed by atoms with Gasteiger partial charge in [0.05, 0.1) is 13.0 Å². The number of halogens is 1. The second-order valence-electron chi connectivity index (χ2n) is 6.03. The van der Waals surface area contributed by atoms with Crippen molar-refractivity contribution < 1.29 is 9.53 Å². The summed E-state index contributed by atoms with van der Waals surface area (Å²) >= 11 is 5.92. The van der Waals surface area contributed by atoms with Gasteiger partial charge in [-0.1, -0.05) is 30.7 Å². The first kappa shape index (κ1) is 16.3. The maximum atomic E-state index is 11.5. The fourth-order valence-electron chi connectivity index (χ4n) is 3.13. The van der Waals surface area contributed by atoms with Crippen LogP contribution in [-0.2, 0) is 16.1 Å². The van der Waals surface area contributed by atoms with Gasteiger partial charge in [0.1, 0.15) is 0 Å². The van der Waals surface area contributed by atoms with Crippen molar-refractivity contribution in [2.45, 2.75) is 32.7 Å². The van der Waals surface area contributed by atoms with Crippen molar-refractivity contribution in [1.82, 2.24) is 4.90 Å². The molecule has 0 bridgehead atoms. The van der Waals surface area contributed by atoms with Crippen LogP contribution in [0, 0.1) is 11.8 Å². The molecule has 21 heavy (non-hydrogen) atoms. The average Bonchev–Trinajstić information content (AvgIpc) is 2.49. The van der Waals surface area contributed by atoms with Crippen molar-refractivity contribution in [2.75, 3.05) is 20.2 Å².